The van der Waals surface area contributed by atoms with E-state index in [-0.39, 0.29) is 87.5 Å². The molecule has 0 unspecified atom stereocenters. The van der Waals surface area contributed by atoms with Crippen molar-refractivity contribution in [1.82, 2.24) is 0 Å². The molecule has 6 heavy (non-hydrogen) atoms. The largest absolute Gasteiger partial charge is 0 e. The molecule has 0 aliphatic carbocycles. The molecule has 0 saturated heterocycles. The predicted molar refractivity (Wildman–Crippen MR) is 11.6 cm³/mol. The molecular formula is H3CaO3VYb. The molecule has 0 radical (unpaired) electrons. The zero-order valence-corrected chi connectivity index (χ0v) is 8.01. The van der Waals surface area contributed by atoms with Crippen LogP contribution in [0, 0.1) is 46.9 Å². The number of hydrogen-bond acceptors (Lipinski definition) is 2. The van der Waals surface area contributed by atoms with E-state index in [9.17, 15) is 0 Å². The zero-order chi connectivity index (χ0) is 3.58. The van der Waals surface area contributed by atoms with E-state index < -0.39 is 15.4 Å². The van der Waals surface area contributed by atoms with Gasteiger partial charge in [-0.25, -0.2) is 0 Å². The third kappa shape index (κ3) is 28.4. The topological polar surface area (TPSA) is 54.4 Å². The van der Waals surface area contributed by atoms with E-state index >= 15 is 0 Å². The van der Waals surface area contributed by atoms with Crippen molar-refractivity contribution < 1.29 is 76.6 Å². The maximum absolute atomic E-state index is 8.67. The minimum Gasteiger partial charge on any atom is 0 e. The summed E-state index contributed by atoms with van der Waals surface area (Å²) in [5, 5.41) is 0. The minimum atomic E-state index is -3.69. The van der Waals surface area contributed by atoms with Crippen molar-refractivity contribution >= 4 is 37.7 Å². The quantitative estimate of drug-likeness (QED) is 0.586. The molecule has 6 heteroatoms. The first-order valence-corrected chi connectivity index (χ1v) is 2.33. The third-order valence-electron chi connectivity index (χ3n) is 0. The van der Waals surface area contributed by atoms with E-state index in [0.29, 0.717) is 0 Å². The molecule has 1 N–H and O–H groups in total. The second kappa shape index (κ2) is 10.8. The van der Waals surface area contributed by atoms with Crippen LogP contribution in [0.1, 0.15) is 2.85 Å². The molecule has 0 aromatic carbocycles. The predicted octanol–water partition coefficient (Wildman–Crippen LogP) is -0.953. The fourth-order valence-corrected chi connectivity index (χ4v) is 0. The van der Waals surface area contributed by atoms with Crippen LogP contribution in [-0.4, -0.2) is 41.8 Å². The van der Waals surface area contributed by atoms with Gasteiger partial charge in [-0.2, -0.15) is 0 Å². The fraction of sp³-hybridized carbons (Fsp3) is 0. The zero-order valence-electron chi connectivity index (χ0n) is 4.69. The van der Waals surface area contributed by atoms with Gasteiger partial charge in [0.15, 0.2) is 0 Å². The van der Waals surface area contributed by atoms with Gasteiger partial charge in [0.25, 0.3) is 0 Å². The second-order valence-corrected chi connectivity index (χ2v) is 0.981. The average molecular weight is 315 g/mol. The summed E-state index contributed by atoms with van der Waals surface area (Å²) in [5.41, 5.74) is 0. The fourth-order valence-electron chi connectivity index (χ4n) is 0. The minimum absolute atomic E-state index is 0. The molecule has 0 amide bonds. The van der Waals surface area contributed by atoms with E-state index in [1.54, 1.807) is 0 Å². The Kier molecular flexibility index (Phi) is 28.8. The first-order chi connectivity index (χ1) is 1.73. The Bertz CT molecular complexity index is 65.7. The van der Waals surface area contributed by atoms with Crippen LogP contribution in [0.5, 0.6) is 0 Å². The van der Waals surface area contributed by atoms with Crippen LogP contribution in [0.15, 0.2) is 0 Å². The van der Waals surface area contributed by atoms with Crippen molar-refractivity contribution in [3.8, 4) is 0 Å². The molecule has 0 fully saturated rings. The van der Waals surface area contributed by atoms with Crippen molar-refractivity contribution in [2.45, 2.75) is 0 Å². The van der Waals surface area contributed by atoms with Crippen LogP contribution in [-0.2, 0) is 22.7 Å². The average Bonchev–Trinajstić information content (AvgIpc) is 0.811. The molecule has 0 aliphatic heterocycles. The Morgan fingerprint density at radius 2 is 1.50 bits per heavy atom. The van der Waals surface area contributed by atoms with E-state index in [2.05, 4.69) is 0 Å². The molecule has 0 heterocycles. The molecule has 0 aromatic rings. The summed E-state index contributed by atoms with van der Waals surface area (Å²) in [7, 11) is 0. The van der Waals surface area contributed by atoms with Crippen molar-refractivity contribution in [3.05, 3.63) is 0 Å². The molecule has 0 rings (SSSR count). The SMILES string of the molecule is [Ca+2].[H-].[H-].[O]=[V](=[O])[OH].[Yb]. The van der Waals surface area contributed by atoms with Gasteiger partial charge in [0.2, 0.25) is 0 Å². The van der Waals surface area contributed by atoms with Crippen LogP contribution in [0.3, 0.4) is 0 Å². The summed E-state index contributed by atoms with van der Waals surface area (Å²) in [6.07, 6.45) is 0. The van der Waals surface area contributed by atoms with Gasteiger partial charge in [0.05, 0.1) is 0 Å². The van der Waals surface area contributed by atoms with Gasteiger partial charge >= 0.3 is 64.5 Å². The van der Waals surface area contributed by atoms with Gasteiger partial charge in [0, 0.05) is 46.9 Å². The normalized spacial score (nSPS) is 4.17. The van der Waals surface area contributed by atoms with Crippen LogP contribution >= 0.6 is 0 Å². The summed E-state index contributed by atoms with van der Waals surface area (Å²) in [4.78, 5) is 0. The second-order valence-electron chi connectivity index (χ2n) is 0.238. The van der Waals surface area contributed by atoms with Crippen LogP contribution in [0.2, 0.25) is 0 Å². The first kappa shape index (κ1) is 16.0. The third-order valence-corrected chi connectivity index (χ3v) is 0. The number of hydrogen-bond donors (Lipinski definition) is 1. The molecule has 0 spiro atoms. The summed E-state index contributed by atoms with van der Waals surface area (Å²) in [5.74, 6) is 0. The van der Waals surface area contributed by atoms with E-state index in [1.807, 2.05) is 0 Å². The Hall–Kier alpha value is 2.92. The van der Waals surface area contributed by atoms with Crippen LogP contribution in [0.25, 0.3) is 0 Å². The Balaban J connectivity index is -0.00000000750. The monoisotopic (exact) mass is 316 g/mol. The van der Waals surface area contributed by atoms with Gasteiger partial charge in [-0.05, 0) is 0 Å². The summed E-state index contributed by atoms with van der Waals surface area (Å²) >= 11 is -3.69. The van der Waals surface area contributed by atoms with Gasteiger partial charge in [-0.1, -0.05) is 0 Å². The molecule has 0 saturated carbocycles. The molecule has 0 aliphatic rings. The van der Waals surface area contributed by atoms with Crippen LogP contribution in [0.4, 0.5) is 0 Å². The van der Waals surface area contributed by atoms with Gasteiger partial charge in [-0.3, -0.25) is 0 Å². The molecule has 0 atom stereocenters. The summed E-state index contributed by atoms with van der Waals surface area (Å²) in [6.45, 7) is 0. The molecular weight excluding hydrogens is 312 g/mol. The molecule has 42 valence electrons. The Morgan fingerprint density at radius 1 is 1.50 bits per heavy atom. The summed E-state index contributed by atoms with van der Waals surface area (Å²) in [6, 6.07) is 0. The maximum atomic E-state index is 8.67. The van der Waals surface area contributed by atoms with Crippen molar-refractivity contribution in [2.75, 3.05) is 0 Å². The summed E-state index contributed by atoms with van der Waals surface area (Å²) < 4.78 is 24.4. The van der Waals surface area contributed by atoms with E-state index in [4.69, 9.17) is 11.4 Å². The standard InChI is InChI=1S/Ca.H2O.2O.V.Yb.2H/h;1H2;;;;;;/q+2;;;;+1;;2*-1/p-1. The Morgan fingerprint density at radius 3 is 1.50 bits per heavy atom. The van der Waals surface area contributed by atoms with Gasteiger partial charge in [-0.15, -0.1) is 0 Å². The molecule has 0 bridgehead atoms. The maximum Gasteiger partial charge on any atom is 0 e. The smallest absolute Gasteiger partial charge is 0 e. The number of rotatable bonds is 0. The molecule has 3 nitrogen and oxygen atoms in total. The van der Waals surface area contributed by atoms with E-state index in [1.165, 1.54) is 0 Å². The van der Waals surface area contributed by atoms with Crippen molar-refractivity contribution in [1.29, 1.82) is 0 Å². The van der Waals surface area contributed by atoms with Crippen molar-refractivity contribution in [3.63, 3.8) is 0 Å². The van der Waals surface area contributed by atoms with Crippen molar-refractivity contribution in [2.24, 2.45) is 0 Å². The van der Waals surface area contributed by atoms with Gasteiger partial charge in [0.1, 0.15) is 0 Å². The van der Waals surface area contributed by atoms with E-state index in [0.717, 1.165) is 0 Å². The Labute approximate surface area is 111 Å². The van der Waals surface area contributed by atoms with Crippen LogP contribution < -0.4 is 0 Å². The van der Waals surface area contributed by atoms with Gasteiger partial charge < -0.3 is 2.85 Å². The first-order valence-electron chi connectivity index (χ1n) is 0.565. The molecule has 0 aromatic heterocycles.